The van der Waals surface area contributed by atoms with Gasteiger partial charge in [0.2, 0.25) is 5.91 Å². The fraction of sp³-hybridized carbons (Fsp3) is 0.632. The molecule has 0 saturated heterocycles. The van der Waals surface area contributed by atoms with E-state index in [0.29, 0.717) is 24.0 Å². The molecule has 23 heavy (non-hydrogen) atoms. The maximum absolute atomic E-state index is 11.6. The van der Waals surface area contributed by atoms with E-state index in [1.807, 2.05) is 19.1 Å². The van der Waals surface area contributed by atoms with Gasteiger partial charge in [-0.2, -0.15) is 0 Å². The molecule has 2 rings (SSSR count). The Labute approximate surface area is 139 Å². The highest BCUT2D eigenvalue weighted by Gasteiger charge is 2.47. The van der Waals surface area contributed by atoms with Gasteiger partial charge >= 0.3 is 0 Å². The molecule has 0 radical (unpaired) electrons. The van der Waals surface area contributed by atoms with Crippen molar-refractivity contribution >= 4 is 5.91 Å². The standard InChI is InChI=1S/C19H30N2O2/c1-4-21-13-17-11-6-8-14(3)19(17,23-5-2)16-10-7-9-15(12-16)18(20)22/h7,9-10,12,14,17,21H,4-6,8,11,13H2,1-3H3,(H2,20,22). The summed E-state index contributed by atoms with van der Waals surface area (Å²) in [5, 5.41) is 3.49. The molecular weight excluding hydrogens is 288 g/mol. The van der Waals surface area contributed by atoms with Crippen LogP contribution in [0.25, 0.3) is 0 Å². The number of carbonyl (C=O) groups is 1. The molecule has 1 aromatic carbocycles. The van der Waals surface area contributed by atoms with E-state index in [-0.39, 0.29) is 11.5 Å². The Hall–Kier alpha value is -1.39. The SMILES string of the molecule is CCNCC1CCCC(C)C1(OCC)c1cccc(C(N)=O)c1. The first kappa shape index (κ1) is 18.0. The van der Waals surface area contributed by atoms with E-state index in [0.717, 1.165) is 31.5 Å². The summed E-state index contributed by atoms with van der Waals surface area (Å²) in [6.45, 7) is 8.99. The molecule has 0 aliphatic heterocycles. The van der Waals surface area contributed by atoms with Crippen molar-refractivity contribution in [2.24, 2.45) is 17.6 Å². The third-order valence-electron chi connectivity index (χ3n) is 5.15. The minimum atomic E-state index is -0.384. The van der Waals surface area contributed by atoms with E-state index in [1.54, 1.807) is 6.07 Å². The van der Waals surface area contributed by atoms with Gasteiger partial charge < -0.3 is 15.8 Å². The molecule has 1 aromatic rings. The quantitative estimate of drug-likeness (QED) is 0.812. The van der Waals surface area contributed by atoms with E-state index < -0.39 is 0 Å². The lowest BCUT2D eigenvalue weighted by atomic mass is 9.65. The zero-order valence-electron chi connectivity index (χ0n) is 14.6. The molecule has 3 atom stereocenters. The second-order valence-corrected chi connectivity index (χ2v) is 6.51. The first-order chi connectivity index (χ1) is 11.1. The van der Waals surface area contributed by atoms with Crippen molar-refractivity contribution in [2.75, 3.05) is 19.7 Å². The highest BCUT2D eigenvalue weighted by atomic mass is 16.5. The van der Waals surface area contributed by atoms with E-state index in [4.69, 9.17) is 10.5 Å². The lowest BCUT2D eigenvalue weighted by molar-refractivity contribution is -0.144. The lowest BCUT2D eigenvalue weighted by Gasteiger charge is -2.49. The highest BCUT2D eigenvalue weighted by Crippen LogP contribution is 2.48. The smallest absolute Gasteiger partial charge is 0.248 e. The van der Waals surface area contributed by atoms with Gasteiger partial charge in [-0.1, -0.05) is 32.4 Å². The maximum Gasteiger partial charge on any atom is 0.248 e. The molecule has 0 aromatic heterocycles. The Morgan fingerprint density at radius 3 is 2.83 bits per heavy atom. The first-order valence-corrected chi connectivity index (χ1v) is 8.81. The minimum absolute atomic E-state index is 0.347. The normalized spacial score (nSPS) is 27.8. The number of hydrogen-bond donors (Lipinski definition) is 2. The highest BCUT2D eigenvalue weighted by molar-refractivity contribution is 5.92. The molecule has 0 spiro atoms. The van der Waals surface area contributed by atoms with Crippen LogP contribution in [0.5, 0.6) is 0 Å². The Bertz CT molecular complexity index is 532. The molecule has 1 aliphatic rings. The van der Waals surface area contributed by atoms with Gasteiger partial charge in [0.25, 0.3) is 0 Å². The topological polar surface area (TPSA) is 64.3 Å². The van der Waals surface area contributed by atoms with Crippen LogP contribution in [0.15, 0.2) is 24.3 Å². The number of hydrogen-bond acceptors (Lipinski definition) is 3. The number of benzene rings is 1. The fourth-order valence-corrected chi connectivity index (χ4v) is 4.09. The third-order valence-corrected chi connectivity index (χ3v) is 5.15. The first-order valence-electron chi connectivity index (χ1n) is 8.81. The van der Waals surface area contributed by atoms with Crippen LogP contribution in [0.4, 0.5) is 0 Å². The van der Waals surface area contributed by atoms with Gasteiger partial charge in [0, 0.05) is 24.6 Å². The number of primary amides is 1. The zero-order valence-corrected chi connectivity index (χ0v) is 14.6. The van der Waals surface area contributed by atoms with E-state index in [2.05, 4.69) is 25.2 Å². The van der Waals surface area contributed by atoms with Gasteiger partial charge in [0.05, 0.1) is 5.60 Å². The molecular formula is C19H30N2O2. The average molecular weight is 318 g/mol. The van der Waals surface area contributed by atoms with Crippen LogP contribution in [-0.2, 0) is 10.3 Å². The second-order valence-electron chi connectivity index (χ2n) is 6.51. The monoisotopic (exact) mass is 318 g/mol. The van der Waals surface area contributed by atoms with Crippen LogP contribution in [0.1, 0.15) is 56.0 Å². The Balaban J connectivity index is 2.48. The summed E-state index contributed by atoms with van der Waals surface area (Å²) in [6.07, 6.45) is 3.50. The molecule has 1 aliphatic carbocycles. The number of ether oxygens (including phenoxy) is 1. The Morgan fingerprint density at radius 1 is 1.39 bits per heavy atom. The van der Waals surface area contributed by atoms with Gasteiger partial charge in [-0.3, -0.25) is 4.79 Å². The predicted octanol–water partition coefficient (Wildman–Crippen LogP) is 3.06. The van der Waals surface area contributed by atoms with Crippen molar-refractivity contribution in [3.05, 3.63) is 35.4 Å². The van der Waals surface area contributed by atoms with E-state index in [1.165, 1.54) is 6.42 Å². The van der Waals surface area contributed by atoms with Gasteiger partial charge in [0.15, 0.2) is 0 Å². The van der Waals surface area contributed by atoms with Crippen molar-refractivity contribution in [1.82, 2.24) is 5.32 Å². The molecule has 1 fully saturated rings. The van der Waals surface area contributed by atoms with Crippen LogP contribution in [0, 0.1) is 11.8 Å². The molecule has 4 nitrogen and oxygen atoms in total. The molecule has 0 bridgehead atoms. The van der Waals surface area contributed by atoms with Crippen LogP contribution in [0.2, 0.25) is 0 Å². The van der Waals surface area contributed by atoms with Crippen LogP contribution in [0.3, 0.4) is 0 Å². The van der Waals surface area contributed by atoms with Crippen LogP contribution in [-0.4, -0.2) is 25.6 Å². The number of amides is 1. The van der Waals surface area contributed by atoms with Crippen molar-refractivity contribution in [1.29, 1.82) is 0 Å². The summed E-state index contributed by atoms with van der Waals surface area (Å²) in [4.78, 5) is 11.6. The summed E-state index contributed by atoms with van der Waals surface area (Å²) in [6, 6.07) is 7.71. The average Bonchev–Trinajstić information content (AvgIpc) is 2.55. The molecule has 1 amide bonds. The largest absolute Gasteiger partial charge is 0.370 e. The van der Waals surface area contributed by atoms with Crippen molar-refractivity contribution in [2.45, 2.75) is 45.6 Å². The van der Waals surface area contributed by atoms with E-state index in [9.17, 15) is 4.79 Å². The number of carbonyl (C=O) groups excluding carboxylic acids is 1. The third kappa shape index (κ3) is 3.59. The Morgan fingerprint density at radius 2 is 2.17 bits per heavy atom. The van der Waals surface area contributed by atoms with Crippen molar-refractivity contribution in [3.63, 3.8) is 0 Å². The molecule has 3 N–H and O–H groups in total. The maximum atomic E-state index is 11.6. The van der Waals surface area contributed by atoms with Gasteiger partial charge in [0.1, 0.15) is 0 Å². The van der Waals surface area contributed by atoms with Crippen molar-refractivity contribution in [3.8, 4) is 0 Å². The molecule has 4 heteroatoms. The van der Waals surface area contributed by atoms with Gasteiger partial charge in [-0.05, 0) is 49.9 Å². The molecule has 3 unspecified atom stereocenters. The fourth-order valence-electron chi connectivity index (χ4n) is 4.09. The minimum Gasteiger partial charge on any atom is -0.370 e. The molecule has 1 saturated carbocycles. The zero-order chi connectivity index (χ0) is 16.9. The number of nitrogens with two attached hydrogens (primary N) is 1. The van der Waals surface area contributed by atoms with Crippen molar-refractivity contribution < 1.29 is 9.53 Å². The summed E-state index contributed by atoms with van der Waals surface area (Å²) in [7, 11) is 0. The van der Waals surface area contributed by atoms with Crippen LogP contribution >= 0.6 is 0 Å². The number of rotatable bonds is 7. The summed E-state index contributed by atoms with van der Waals surface area (Å²) >= 11 is 0. The predicted molar refractivity (Wildman–Crippen MR) is 93.3 cm³/mol. The summed E-state index contributed by atoms with van der Waals surface area (Å²) in [5.74, 6) is 0.419. The van der Waals surface area contributed by atoms with Gasteiger partial charge in [-0.15, -0.1) is 0 Å². The Kier molecular flexibility index (Phi) is 6.19. The number of nitrogens with one attached hydrogen (secondary N) is 1. The van der Waals surface area contributed by atoms with Gasteiger partial charge in [-0.25, -0.2) is 0 Å². The molecule has 0 heterocycles. The molecule has 128 valence electrons. The van der Waals surface area contributed by atoms with E-state index >= 15 is 0 Å². The lowest BCUT2D eigenvalue weighted by Crippen LogP contribution is -2.50. The second kappa shape index (κ2) is 7.93. The van der Waals surface area contributed by atoms with Crippen LogP contribution < -0.4 is 11.1 Å². The summed E-state index contributed by atoms with van der Waals surface area (Å²) < 4.78 is 6.42. The summed E-state index contributed by atoms with van der Waals surface area (Å²) in [5.41, 5.74) is 6.79.